The Kier molecular flexibility index (Phi) is 5.31. The van der Waals surface area contributed by atoms with Crippen LogP contribution in [0.1, 0.15) is 48.5 Å². The molecule has 0 saturated carbocycles. The van der Waals surface area contributed by atoms with E-state index >= 15 is 0 Å². The van der Waals surface area contributed by atoms with Gasteiger partial charge >= 0.3 is 0 Å². The number of carbonyl (C=O) groups is 1. The summed E-state index contributed by atoms with van der Waals surface area (Å²) < 4.78 is 6.37. The number of benzene rings is 2. The highest BCUT2D eigenvalue weighted by molar-refractivity contribution is 7.23. The topological polar surface area (TPSA) is 63.2 Å². The first-order valence-corrected chi connectivity index (χ1v) is 12.6. The fourth-order valence-electron chi connectivity index (χ4n) is 4.74. The van der Waals surface area contributed by atoms with Crippen LogP contribution in [0.15, 0.2) is 48.5 Å². The molecule has 0 bridgehead atoms. The summed E-state index contributed by atoms with van der Waals surface area (Å²) in [5.74, 6) is 0.590. The fraction of sp³-hybridized carbons (Fsp3) is 0.308. The van der Waals surface area contributed by atoms with Crippen molar-refractivity contribution in [1.82, 2.24) is 10.3 Å². The minimum absolute atomic E-state index is 0.0692. The molecule has 0 saturated heterocycles. The molecule has 0 atom stereocenters. The average molecular weight is 478 g/mol. The van der Waals surface area contributed by atoms with Gasteiger partial charge in [-0.15, -0.1) is 22.7 Å². The lowest BCUT2D eigenvalue weighted by atomic mass is 9.81. The predicted molar refractivity (Wildman–Crippen MR) is 138 cm³/mol. The van der Waals surface area contributed by atoms with Crippen molar-refractivity contribution in [2.45, 2.75) is 45.2 Å². The van der Waals surface area contributed by atoms with Crippen LogP contribution in [0.3, 0.4) is 0 Å². The SMILES string of the molecule is COc1ccc(C(=O)Nc2sc3c(c2-c2nc4ccccc4s2)CC(C)(C)NC3(C)C)cc1. The van der Waals surface area contributed by atoms with E-state index in [-0.39, 0.29) is 17.0 Å². The van der Waals surface area contributed by atoms with Gasteiger partial charge in [-0.2, -0.15) is 0 Å². The number of carbonyl (C=O) groups excluding carboxylic acids is 1. The molecule has 1 amide bonds. The zero-order valence-electron chi connectivity index (χ0n) is 19.4. The number of thiazole rings is 1. The van der Waals surface area contributed by atoms with Crippen LogP contribution < -0.4 is 15.4 Å². The lowest BCUT2D eigenvalue weighted by Crippen LogP contribution is -2.54. The van der Waals surface area contributed by atoms with Crippen molar-refractivity contribution < 1.29 is 9.53 Å². The molecule has 0 spiro atoms. The van der Waals surface area contributed by atoms with Crippen LogP contribution in [0.4, 0.5) is 5.00 Å². The Morgan fingerprint density at radius 1 is 1.06 bits per heavy atom. The first kappa shape index (κ1) is 22.1. The standard InChI is InChI=1S/C26H27N3O2S2/c1-25(2)14-17-20(23-27-18-8-6-7-9-19(18)32-23)24(33-21(17)26(3,4)29-25)28-22(30)15-10-12-16(31-5)13-11-15/h6-13,29H,14H2,1-5H3,(H,28,30). The van der Waals surface area contributed by atoms with E-state index in [0.29, 0.717) is 5.56 Å². The summed E-state index contributed by atoms with van der Waals surface area (Å²) in [5, 5.41) is 8.78. The number of thiophene rings is 1. The Bertz CT molecular complexity index is 1320. The summed E-state index contributed by atoms with van der Waals surface area (Å²) in [6.45, 7) is 8.88. The third-order valence-electron chi connectivity index (χ3n) is 5.93. The second-order valence-electron chi connectivity index (χ2n) is 9.59. The second kappa shape index (κ2) is 7.94. The quantitative estimate of drug-likeness (QED) is 0.355. The molecule has 3 heterocycles. The number of anilines is 1. The first-order chi connectivity index (χ1) is 15.7. The maximum Gasteiger partial charge on any atom is 0.256 e. The number of nitrogens with zero attached hydrogens (tertiary/aromatic N) is 1. The normalized spacial score (nSPS) is 16.4. The highest BCUT2D eigenvalue weighted by Crippen LogP contribution is 2.50. The Hall–Kier alpha value is -2.74. The van der Waals surface area contributed by atoms with E-state index < -0.39 is 0 Å². The third kappa shape index (κ3) is 4.05. The fourth-order valence-corrected chi connectivity index (χ4v) is 7.12. The van der Waals surface area contributed by atoms with Gasteiger partial charge in [0.15, 0.2) is 0 Å². The number of rotatable bonds is 4. The van der Waals surface area contributed by atoms with Gasteiger partial charge in [-0.25, -0.2) is 4.98 Å². The van der Waals surface area contributed by atoms with Gasteiger partial charge in [0.25, 0.3) is 5.91 Å². The van der Waals surface area contributed by atoms with E-state index in [1.165, 1.54) is 10.4 Å². The highest BCUT2D eigenvalue weighted by Gasteiger charge is 2.41. The van der Waals surface area contributed by atoms with Crippen molar-refractivity contribution in [3.63, 3.8) is 0 Å². The molecule has 7 heteroatoms. The zero-order chi connectivity index (χ0) is 23.4. The highest BCUT2D eigenvalue weighted by atomic mass is 32.1. The van der Waals surface area contributed by atoms with Crippen LogP contribution >= 0.6 is 22.7 Å². The molecule has 170 valence electrons. The molecular formula is C26H27N3O2S2. The lowest BCUT2D eigenvalue weighted by Gasteiger charge is -2.42. The summed E-state index contributed by atoms with van der Waals surface area (Å²) in [4.78, 5) is 19.4. The Morgan fingerprint density at radius 3 is 2.48 bits per heavy atom. The number of nitrogens with one attached hydrogen (secondary N) is 2. The molecule has 0 unspecified atom stereocenters. The molecule has 4 aromatic rings. The van der Waals surface area contributed by atoms with Crippen LogP contribution in [-0.2, 0) is 12.0 Å². The minimum Gasteiger partial charge on any atom is -0.497 e. The van der Waals surface area contributed by atoms with Gasteiger partial charge in [0.1, 0.15) is 15.8 Å². The molecule has 0 fully saturated rings. The van der Waals surface area contributed by atoms with Crippen molar-refractivity contribution in [2.75, 3.05) is 12.4 Å². The molecule has 2 aromatic carbocycles. The van der Waals surface area contributed by atoms with E-state index in [0.717, 1.165) is 38.0 Å². The summed E-state index contributed by atoms with van der Waals surface area (Å²) in [7, 11) is 1.62. The minimum atomic E-state index is -0.212. The number of fused-ring (bicyclic) bond motifs is 2. The van der Waals surface area contributed by atoms with Crippen LogP contribution in [0.25, 0.3) is 20.8 Å². The molecule has 5 rings (SSSR count). The van der Waals surface area contributed by atoms with E-state index in [1.54, 1.807) is 54.0 Å². The summed E-state index contributed by atoms with van der Waals surface area (Å²) in [5.41, 5.74) is 3.63. The lowest BCUT2D eigenvalue weighted by molar-refractivity contribution is 0.102. The zero-order valence-corrected chi connectivity index (χ0v) is 21.0. The molecule has 33 heavy (non-hydrogen) atoms. The number of aromatic nitrogens is 1. The average Bonchev–Trinajstić information content (AvgIpc) is 3.33. The Balaban J connectivity index is 1.64. The number of para-hydroxylation sites is 1. The molecule has 0 radical (unpaired) electrons. The van der Waals surface area contributed by atoms with Gasteiger partial charge in [-0.1, -0.05) is 12.1 Å². The van der Waals surface area contributed by atoms with E-state index in [2.05, 4.69) is 44.4 Å². The van der Waals surface area contributed by atoms with Crippen molar-refractivity contribution >= 4 is 43.8 Å². The molecule has 5 nitrogen and oxygen atoms in total. The summed E-state index contributed by atoms with van der Waals surface area (Å²) >= 11 is 3.33. The Morgan fingerprint density at radius 2 is 1.79 bits per heavy atom. The van der Waals surface area contributed by atoms with Crippen molar-refractivity contribution in [3.8, 4) is 16.3 Å². The number of hydrogen-bond acceptors (Lipinski definition) is 6. The third-order valence-corrected chi connectivity index (χ3v) is 8.46. The number of hydrogen-bond donors (Lipinski definition) is 2. The molecule has 2 aromatic heterocycles. The van der Waals surface area contributed by atoms with E-state index in [1.807, 2.05) is 18.2 Å². The van der Waals surface area contributed by atoms with Crippen molar-refractivity contribution in [1.29, 1.82) is 0 Å². The molecule has 2 N–H and O–H groups in total. The van der Waals surface area contributed by atoms with Gasteiger partial charge in [0.05, 0.1) is 17.3 Å². The molecular weight excluding hydrogens is 450 g/mol. The second-order valence-corrected chi connectivity index (χ2v) is 11.6. The monoisotopic (exact) mass is 477 g/mol. The van der Waals surface area contributed by atoms with Crippen LogP contribution in [0.2, 0.25) is 0 Å². The van der Waals surface area contributed by atoms with Crippen molar-refractivity contribution in [3.05, 3.63) is 64.5 Å². The number of ether oxygens (including phenoxy) is 1. The van der Waals surface area contributed by atoms with Crippen molar-refractivity contribution in [2.24, 2.45) is 0 Å². The number of amides is 1. The van der Waals surface area contributed by atoms with Gasteiger partial charge in [-0.3, -0.25) is 4.79 Å². The molecule has 1 aliphatic rings. The Labute approximate surface area is 201 Å². The van der Waals surface area contributed by atoms with Gasteiger partial charge in [-0.05, 0) is 76.1 Å². The number of methoxy groups -OCH3 is 1. The maximum absolute atomic E-state index is 13.2. The smallest absolute Gasteiger partial charge is 0.256 e. The molecule has 0 aliphatic carbocycles. The largest absolute Gasteiger partial charge is 0.497 e. The van der Waals surface area contributed by atoms with Crippen LogP contribution in [0.5, 0.6) is 5.75 Å². The molecule has 1 aliphatic heterocycles. The van der Waals surface area contributed by atoms with Crippen LogP contribution in [-0.4, -0.2) is 23.5 Å². The maximum atomic E-state index is 13.2. The van der Waals surface area contributed by atoms with Crippen LogP contribution in [0, 0.1) is 0 Å². The predicted octanol–water partition coefficient (Wildman–Crippen LogP) is 6.45. The van der Waals surface area contributed by atoms with E-state index in [9.17, 15) is 4.79 Å². The van der Waals surface area contributed by atoms with Gasteiger partial charge in [0, 0.05) is 27.1 Å². The summed E-state index contributed by atoms with van der Waals surface area (Å²) in [6, 6.07) is 15.4. The van der Waals surface area contributed by atoms with E-state index in [4.69, 9.17) is 9.72 Å². The van der Waals surface area contributed by atoms with Gasteiger partial charge in [0.2, 0.25) is 0 Å². The first-order valence-electron chi connectivity index (χ1n) is 10.9. The van der Waals surface area contributed by atoms with Gasteiger partial charge < -0.3 is 15.4 Å². The summed E-state index contributed by atoms with van der Waals surface area (Å²) in [6.07, 6.45) is 0.867.